The Morgan fingerprint density at radius 2 is 2.18 bits per heavy atom. The molecule has 0 saturated carbocycles. The van der Waals surface area contributed by atoms with E-state index in [2.05, 4.69) is 25.7 Å². The smallest absolute Gasteiger partial charge is 0.315 e. The zero-order valence-electron chi connectivity index (χ0n) is 9.31. The summed E-state index contributed by atoms with van der Waals surface area (Å²) in [6.45, 7) is 2.35. The first-order chi connectivity index (χ1) is 8.28. The number of halogens is 1. The molecule has 0 unspecified atom stereocenters. The number of alkyl halides is 1. The Morgan fingerprint density at radius 3 is 2.88 bits per heavy atom. The zero-order valence-corrected chi connectivity index (χ0v) is 10.1. The molecular formula is C9H12ClN5O2. The van der Waals surface area contributed by atoms with Crippen molar-refractivity contribution in [1.82, 2.24) is 20.3 Å². The fourth-order valence-corrected chi connectivity index (χ4v) is 1.39. The summed E-state index contributed by atoms with van der Waals surface area (Å²) in [6.07, 6.45) is 1.20. The molecule has 92 valence electrons. The summed E-state index contributed by atoms with van der Waals surface area (Å²) in [7, 11) is 0. The van der Waals surface area contributed by atoms with Crippen molar-refractivity contribution in [3.8, 4) is 0 Å². The van der Waals surface area contributed by atoms with E-state index in [4.69, 9.17) is 20.5 Å². The van der Waals surface area contributed by atoms with Gasteiger partial charge in [0.2, 0.25) is 11.8 Å². The maximum atomic E-state index is 5.56. The van der Waals surface area contributed by atoms with Gasteiger partial charge in [0.25, 0.3) is 0 Å². The van der Waals surface area contributed by atoms with Crippen LogP contribution in [0.1, 0.15) is 17.6 Å². The molecule has 0 spiro atoms. The number of aryl methyl sites for hydroxylation is 2. The van der Waals surface area contributed by atoms with Crippen LogP contribution in [-0.4, -0.2) is 32.8 Å². The second-order valence-corrected chi connectivity index (χ2v) is 3.72. The lowest BCUT2D eigenvalue weighted by atomic mass is 10.4. The third-order valence-electron chi connectivity index (χ3n) is 1.97. The number of aromatic nitrogens is 4. The summed E-state index contributed by atoms with van der Waals surface area (Å²) in [5, 5.41) is 14.4. The van der Waals surface area contributed by atoms with Crippen molar-refractivity contribution in [3.05, 3.63) is 17.6 Å². The number of nitrogens with zero attached hydrogens (tertiary/aromatic N) is 4. The summed E-state index contributed by atoms with van der Waals surface area (Å²) in [5.41, 5.74) is 0. The van der Waals surface area contributed by atoms with Gasteiger partial charge in [0, 0.05) is 32.2 Å². The Morgan fingerprint density at radius 1 is 1.29 bits per heavy atom. The van der Waals surface area contributed by atoms with Gasteiger partial charge in [-0.1, -0.05) is 10.3 Å². The van der Waals surface area contributed by atoms with Gasteiger partial charge >= 0.3 is 6.01 Å². The molecule has 0 fully saturated rings. The van der Waals surface area contributed by atoms with Crippen LogP contribution in [0.3, 0.4) is 0 Å². The van der Waals surface area contributed by atoms with E-state index in [0.29, 0.717) is 48.9 Å². The van der Waals surface area contributed by atoms with Crippen LogP contribution >= 0.6 is 11.6 Å². The quantitative estimate of drug-likeness (QED) is 0.778. The van der Waals surface area contributed by atoms with Crippen LogP contribution in [0.5, 0.6) is 0 Å². The normalized spacial score (nSPS) is 10.7. The molecule has 2 heterocycles. The molecule has 17 heavy (non-hydrogen) atoms. The van der Waals surface area contributed by atoms with Crippen molar-refractivity contribution in [2.75, 3.05) is 17.7 Å². The fraction of sp³-hybridized carbons (Fsp3) is 0.556. The van der Waals surface area contributed by atoms with Gasteiger partial charge in [0.05, 0.1) is 0 Å². The monoisotopic (exact) mass is 257 g/mol. The van der Waals surface area contributed by atoms with Crippen LogP contribution < -0.4 is 5.32 Å². The standard InChI is InChI=1S/C9H12ClN5O2/c1-6-12-7(15-17-6)3-5-11-9-14-13-8(16-9)2-4-10/h2-5H2,1H3,(H,11,14). The molecule has 0 saturated heterocycles. The van der Waals surface area contributed by atoms with Crippen LogP contribution in [-0.2, 0) is 12.8 Å². The van der Waals surface area contributed by atoms with Crippen LogP contribution in [0.25, 0.3) is 0 Å². The van der Waals surface area contributed by atoms with Gasteiger partial charge in [-0.3, -0.25) is 0 Å². The van der Waals surface area contributed by atoms with E-state index in [9.17, 15) is 0 Å². The summed E-state index contributed by atoms with van der Waals surface area (Å²) in [4.78, 5) is 4.07. The minimum atomic E-state index is 0.380. The average molecular weight is 258 g/mol. The van der Waals surface area contributed by atoms with E-state index < -0.39 is 0 Å². The predicted octanol–water partition coefficient (Wildman–Crippen LogP) is 1.20. The molecule has 1 N–H and O–H groups in total. The highest BCUT2D eigenvalue weighted by atomic mass is 35.5. The fourth-order valence-electron chi connectivity index (χ4n) is 1.23. The molecule has 0 aliphatic carbocycles. The number of anilines is 1. The largest absolute Gasteiger partial charge is 0.408 e. The van der Waals surface area contributed by atoms with Crippen molar-refractivity contribution in [2.45, 2.75) is 19.8 Å². The molecule has 0 aliphatic heterocycles. The van der Waals surface area contributed by atoms with E-state index in [1.54, 1.807) is 6.92 Å². The summed E-state index contributed by atoms with van der Waals surface area (Å²) < 4.78 is 10.1. The molecule has 0 amide bonds. The Labute approximate surface area is 103 Å². The molecule has 8 heteroatoms. The van der Waals surface area contributed by atoms with Gasteiger partial charge in [0.15, 0.2) is 5.82 Å². The molecule has 0 radical (unpaired) electrons. The second-order valence-electron chi connectivity index (χ2n) is 3.35. The van der Waals surface area contributed by atoms with E-state index >= 15 is 0 Å². The number of hydrogen-bond acceptors (Lipinski definition) is 7. The minimum Gasteiger partial charge on any atom is -0.408 e. The lowest BCUT2D eigenvalue weighted by Crippen LogP contribution is -2.06. The van der Waals surface area contributed by atoms with Crippen molar-refractivity contribution in [1.29, 1.82) is 0 Å². The summed E-state index contributed by atoms with van der Waals surface area (Å²) >= 11 is 5.56. The van der Waals surface area contributed by atoms with Gasteiger partial charge in [-0.2, -0.15) is 4.98 Å². The lowest BCUT2D eigenvalue weighted by molar-refractivity contribution is 0.387. The molecule has 0 bridgehead atoms. The molecule has 0 aliphatic rings. The predicted molar refractivity (Wildman–Crippen MR) is 60.0 cm³/mol. The van der Waals surface area contributed by atoms with Gasteiger partial charge in [-0.15, -0.1) is 16.7 Å². The first kappa shape index (κ1) is 11.8. The first-order valence-electron chi connectivity index (χ1n) is 5.19. The Bertz CT molecular complexity index is 469. The summed E-state index contributed by atoms with van der Waals surface area (Å²) in [5.74, 6) is 2.19. The Balaban J connectivity index is 1.77. The van der Waals surface area contributed by atoms with E-state index in [0.717, 1.165) is 0 Å². The Kier molecular flexibility index (Phi) is 3.92. The second kappa shape index (κ2) is 5.62. The third kappa shape index (κ3) is 3.42. The number of nitrogens with one attached hydrogen (secondary N) is 1. The van der Waals surface area contributed by atoms with E-state index in [1.165, 1.54) is 0 Å². The highest BCUT2D eigenvalue weighted by Gasteiger charge is 2.06. The molecular weight excluding hydrogens is 246 g/mol. The van der Waals surface area contributed by atoms with Crippen molar-refractivity contribution in [3.63, 3.8) is 0 Å². The van der Waals surface area contributed by atoms with Crippen molar-refractivity contribution in [2.24, 2.45) is 0 Å². The van der Waals surface area contributed by atoms with Gasteiger partial charge in [0.1, 0.15) is 0 Å². The number of hydrogen-bond donors (Lipinski definition) is 1. The first-order valence-corrected chi connectivity index (χ1v) is 5.73. The Hall–Kier alpha value is -1.63. The minimum absolute atomic E-state index is 0.380. The van der Waals surface area contributed by atoms with Crippen molar-refractivity contribution >= 4 is 17.6 Å². The topological polar surface area (TPSA) is 89.9 Å². The highest BCUT2D eigenvalue weighted by molar-refractivity contribution is 6.17. The average Bonchev–Trinajstić information content (AvgIpc) is 2.89. The number of rotatable bonds is 6. The van der Waals surface area contributed by atoms with Crippen molar-refractivity contribution < 1.29 is 8.94 Å². The van der Waals surface area contributed by atoms with Crippen LogP contribution in [0.15, 0.2) is 8.94 Å². The summed E-state index contributed by atoms with van der Waals surface area (Å²) in [6, 6.07) is 0.380. The van der Waals surface area contributed by atoms with Crippen LogP contribution in [0.2, 0.25) is 0 Å². The highest BCUT2D eigenvalue weighted by Crippen LogP contribution is 2.06. The third-order valence-corrected chi connectivity index (χ3v) is 2.16. The molecule has 0 atom stereocenters. The molecule has 7 nitrogen and oxygen atoms in total. The van der Waals surface area contributed by atoms with Gasteiger partial charge in [-0.25, -0.2) is 0 Å². The van der Waals surface area contributed by atoms with Gasteiger partial charge < -0.3 is 14.3 Å². The van der Waals surface area contributed by atoms with E-state index in [1.807, 2.05) is 0 Å². The molecule has 2 aromatic heterocycles. The van der Waals surface area contributed by atoms with Crippen LogP contribution in [0, 0.1) is 6.92 Å². The zero-order chi connectivity index (χ0) is 12.1. The molecule has 0 aromatic carbocycles. The maximum Gasteiger partial charge on any atom is 0.315 e. The molecule has 2 rings (SSSR count). The molecule has 2 aromatic rings. The van der Waals surface area contributed by atoms with Gasteiger partial charge in [-0.05, 0) is 0 Å². The SMILES string of the molecule is Cc1nc(CCNc2nnc(CCCl)o2)no1. The maximum absolute atomic E-state index is 5.56. The lowest BCUT2D eigenvalue weighted by Gasteiger charge is -1.96. The van der Waals surface area contributed by atoms with E-state index in [-0.39, 0.29) is 0 Å². The van der Waals surface area contributed by atoms with Crippen LogP contribution in [0.4, 0.5) is 6.01 Å².